The van der Waals surface area contributed by atoms with Gasteiger partial charge in [0, 0.05) is 12.6 Å². The average molecular weight is 215 g/mol. The first kappa shape index (κ1) is 14.9. The zero-order valence-electron chi connectivity index (χ0n) is 11.0. The highest BCUT2D eigenvalue weighted by Gasteiger charge is 2.13. The van der Waals surface area contributed by atoms with Crippen molar-refractivity contribution in [1.29, 1.82) is 0 Å². The van der Waals surface area contributed by atoms with Gasteiger partial charge in [0.25, 0.3) is 0 Å². The van der Waals surface area contributed by atoms with E-state index in [9.17, 15) is 0 Å². The van der Waals surface area contributed by atoms with Crippen LogP contribution in [0, 0.1) is 5.92 Å². The van der Waals surface area contributed by atoms with Crippen molar-refractivity contribution in [2.75, 3.05) is 20.3 Å². The molecule has 1 N–H and O–H groups in total. The van der Waals surface area contributed by atoms with E-state index in [2.05, 4.69) is 26.1 Å². The third-order valence-electron chi connectivity index (χ3n) is 3.09. The lowest BCUT2D eigenvalue weighted by Gasteiger charge is -2.22. The number of hydrogen-bond acceptors (Lipinski definition) is 2. The van der Waals surface area contributed by atoms with Gasteiger partial charge in [0.15, 0.2) is 0 Å². The van der Waals surface area contributed by atoms with Gasteiger partial charge < -0.3 is 10.1 Å². The Morgan fingerprint density at radius 1 is 1.20 bits per heavy atom. The van der Waals surface area contributed by atoms with E-state index >= 15 is 0 Å². The molecule has 0 saturated carbocycles. The van der Waals surface area contributed by atoms with Gasteiger partial charge in [0.05, 0.1) is 6.61 Å². The van der Waals surface area contributed by atoms with E-state index < -0.39 is 0 Å². The predicted octanol–water partition coefficient (Wildman–Crippen LogP) is 3.22. The fourth-order valence-electron chi connectivity index (χ4n) is 1.91. The molecule has 0 aliphatic rings. The molecule has 15 heavy (non-hydrogen) atoms. The third-order valence-corrected chi connectivity index (χ3v) is 3.09. The van der Waals surface area contributed by atoms with Crippen molar-refractivity contribution in [3.8, 4) is 0 Å². The van der Waals surface area contributed by atoms with Gasteiger partial charge in [-0.2, -0.15) is 0 Å². The summed E-state index contributed by atoms with van der Waals surface area (Å²) in [6, 6.07) is 0.534. The molecule has 0 aliphatic heterocycles. The first-order valence-corrected chi connectivity index (χ1v) is 6.53. The molecule has 0 aromatic carbocycles. The van der Waals surface area contributed by atoms with Gasteiger partial charge >= 0.3 is 0 Å². The minimum absolute atomic E-state index is 0.534. The monoisotopic (exact) mass is 215 g/mol. The van der Waals surface area contributed by atoms with Gasteiger partial charge in [0.1, 0.15) is 0 Å². The fraction of sp³-hybridized carbons (Fsp3) is 1.00. The average Bonchev–Trinajstić information content (AvgIpc) is 2.28. The minimum atomic E-state index is 0.534. The van der Waals surface area contributed by atoms with Gasteiger partial charge in [-0.25, -0.2) is 0 Å². The molecule has 0 radical (unpaired) electrons. The number of likely N-dealkylation sites (N-methyl/N-ethyl adjacent to an activating group) is 1. The number of nitrogens with one attached hydrogen (secondary N) is 1. The number of rotatable bonds is 10. The van der Waals surface area contributed by atoms with Crippen molar-refractivity contribution in [2.24, 2.45) is 5.92 Å². The number of hydrogen-bond donors (Lipinski definition) is 1. The summed E-state index contributed by atoms with van der Waals surface area (Å²) in [5.74, 6) is 0.864. The largest absolute Gasteiger partial charge is 0.380 e. The van der Waals surface area contributed by atoms with Crippen molar-refractivity contribution in [3.63, 3.8) is 0 Å². The van der Waals surface area contributed by atoms with E-state index in [4.69, 9.17) is 4.74 Å². The summed E-state index contributed by atoms with van der Waals surface area (Å²) < 4.78 is 5.47. The maximum atomic E-state index is 5.47. The van der Waals surface area contributed by atoms with Crippen LogP contribution in [0.2, 0.25) is 0 Å². The zero-order valence-corrected chi connectivity index (χ0v) is 11.0. The Morgan fingerprint density at radius 2 is 1.93 bits per heavy atom. The lowest BCUT2D eigenvalue weighted by molar-refractivity contribution is 0.115. The van der Waals surface area contributed by atoms with Crippen LogP contribution in [0.1, 0.15) is 52.9 Å². The summed E-state index contributed by atoms with van der Waals surface area (Å²) in [5, 5.41) is 3.35. The Bertz CT molecular complexity index is 114. The van der Waals surface area contributed by atoms with Crippen molar-refractivity contribution in [2.45, 2.75) is 58.9 Å². The van der Waals surface area contributed by atoms with Crippen molar-refractivity contribution in [3.05, 3.63) is 0 Å². The van der Waals surface area contributed by atoms with Crippen LogP contribution in [0.4, 0.5) is 0 Å². The molecule has 2 unspecified atom stereocenters. The molecule has 0 aliphatic carbocycles. The van der Waals surface area contributed by atoms with Gasteiger partial charge in [-0.3, -0.25) is 0 Å². The lowest BCUT2D eigenvalue weighted by atomic mass is 9.92. The van der Waals surface area contributed by atoms with Crippen LogP contribution in [-0.2, 0) is 4.74 Å². The van der Waals surface area contributed by atoms with Crippen LogP contribution in [-0.4, -0.2) is 26.3 Å². The molecular formula is C13H29NO. The number of unbranched alkanes of at least 4 members (excludes halogenated alkanes) is 1. The second kappa shape index (κ2) is 10.4. The van der Waals surface area contributed by atoms with Crippen molar-refractivity contribution < 1.29 is 4.74 Å². The smallest absolute Gasteiger partial charge is 0.0619 e. The molecule has 0 rings (SSSR count). The highest BCUT2D eigenvalue weighted by Crippen LogP contribution is 2.18. The predicted molar refractivity (Wildman–Crippen MR) is 67.3 cm³/mol. The molecule has 2 heteroatoms. The van der Waals surface area contributed by atoms with Crippen LogP contribution in [0.5, 0.6) is 0 Å². The second-order valence-corrected chi connectivity index (χ2v) is 4.30. The van der Waals surface area contributed by atoms with E-state index in [0.717, 1.165) is 19.1 Å². The highest BCUT2D eigenvalue weighted by atomic mass is 16.5. The van der Waals surface area contributed by atoms with Crippen LogP contribution >= 0.6 is 0 Å². The van der Waals surface area contributed by atoms with E-state index in [1.165, 1.54) is 32.1 Å². The summed E-state index contributed by atoms with van der Waals surface area (Å²) >= 11 is 0. The van der Waals surface area contributed by atoms with Crippen LogP contribution in [0.15, 0.2) is 0 Å². The number of ether oxygens (including phenoxy) is 1. The van der Waals surface area contributed by atoms with Gasteiger partial charge in [-0.1, -0.05) is 39.5 Å². The molecule has 0 spiro atoms. The second-order valence-electron chi connectivity index (χ2n) is 4.30. The molecule has 0 aromatic rings. The summed E-state index contributed by atoms with van der Waals surface area (Å²) in [6.07, 6.45) is 6.60. The fourth-order valence-corrected chi connectivity index (χ4v) is 1.91. The van der Waals surface area contributed by atoms with Crippen LogP contribution in [0.3, 0.4) is 0 Å². The third kappa shape index (κ3) is 7.80. The Morgan fingerprint density at radius 3 is 2.40 bits per heavy atom. The molecule has 2 atom stereocenters. The van der Waals surface area contributed by atoms with Gasteiger partial charge in [-0.05, 0) is 26.3 Å². The Balaban J connectivity index is 3.77. The van der Waals surface area contributed by atoms with Gasteiger partial charge in [0.2, 0.25) is 0 Å². The summed E-state index contributed by atoms with van der Waals surface area (Å²) in [7, 11) is 2.04. The van der Waals surface area contributed by atoms with E-state index in [-0.39, 0.29) is 0 Å². The highest BCUT2D eigenvalue weighted by molar-refractivity contribution is 4.69. The Labute approximate surface area is 95.8 Å². The van der Waals surface area contributed by atoms with Crippen LogP contribution < -0.4 is 5.32 Å². The maximum absolute atomic E-state index is 5.47. The quantitative estimate of drug-likeness (QED) is 0.604. The topological polar surface area (TPSA) is 21.3 Å². The van der Waals surface area contributed by atoms with E-state index in [1.54, 1.807) is 0 Å². The van der Waals surface area contributed by atoms with Gasteiger partial charge in [-0.15, -0.1) is 0 Å². The Kier molecular flexibility index (Phi) is 10.4. The molecule has 0 bridgehead atoms. The molecule has 0 amide bonds. The lowest BCUT2D eigenvalue weighted by Crippen LogP contribution is -2.32. The van der Waals surface area contributed by atoms with E-state index in [1.807, 2.05) is 7.05 Å². The molecule has 0 saturated heterocycles. The molecule has 0 fully saturated rings. The summed E-state index contributed by atoms with van der Waals surface area (Å²) in [5.41, 5.74) is 0. The Hall–Kier alpha value is -0.0800. The van der Waals surface area contributed by atoms with Crippen LogP contribution in [0.25, 0.3) is 0 Å². The SMILES string of the molecule is CCCCC(CC)CC(COCC)NC. The van der Waals surface area contributed by atoms with Crippen molar-refractivity contribution >= 4 is 0 Å². The minimum Gasteiger partial charge on any atom is -0.380 e. The molecule has 0 heterocycles. The molecular weight excluding hydrogens is 186 g/mol. The zero-order chi connectivity index (χ0) is 11.5. The van der Waals surface area contributed by atoms with E-state index in [0.29, 0.717) is 6.04 Å². The van der Waals surface area contributed by atoms with Crippen molar-refractivity contribution in [1.82, 2.24) is 5.32 Å². The molecule has 2 nitrogen and oxygen atoms in total. The first-order chi connectivity index (χ1) is 7.28. The molecule has 92 valence electrons. The molecule has 0 aromatic heterocycles. The summed E-state index contributed by atoms with van der Waals surface area (Å²) in [6.45, 7) is 8.30. The summed E-state index contributed by atoms with van der Waals surface area (Å²) in [4.78, 5) is 0. The first-order valence-electron chi connectivity index (χ1n) is 6.53. The maximum Gasteiger partial charge on any atom is 0.0619 e. The normalized spacial score (nSPS) is 15.2. The standard InChI is InChI=1S/C13H29NO/c1-5-8-9-12(6-2)10-13(14-4)11-15-7-3/h12-14H,5-11H2,1-4H3.